The van der Waals surface area contributed by atoms with Gasteiger partial charge in [-0.25, -0.2) is 4.79 Å². The summed E-state index contributed by atoms with van der Waals surface area (Å²) in [5.41, 5.74) is 1.87. The predicted octanol–water partition coefficient (Wildman–Crippen LogP) is 4.61. The fourth-order valence-corrected chi connectivity index (χ4v) is 2.63. The number of hydrogen-bond donors (Lipinski definition) is 0. The number of ether oxygens (including phenoxy) is 3. The summed E-state index contributed by atoms with van der Waals surface area (Å²) >= 11 is 3.50. The molecule has 4 nitrogen and oxygen atoms in total. The summed E-state index contributed by atoms with van der Waals surface area (Å²) in [5.74, 6) is 0.829. The highest BCUT2D eigenvalue weighted by atomic mass is 79.9. The van der Waals surface area contributed by atoms with Crippen LogP contribution in [0.25, 0.3) is 6.08 Å². The van der Waals surface area contributed by atoms with Crippen molar-refractivity contribution in [3.05, 3.63) is 64.1 Å². The molecule has 0 spiro atoms. The second-order valence-electron chi connectivity index (χ2n) is 4.89. The average Bonchev–Trinajstić information content (AvgIpc) is 2.59. The number of methoxy groups -OCH3 is 1. The van der Waals surface area contributed by atoms with Crippen LogP contribution >= 0.6 is 15.9 Å². The van der Waals surface area contributed by atoms with Crippen molar-refractivity contribution in [2.24, 2.45) is 0 Å². The molecular formula is C19H19BrO4. The third-order valence-electron chi connectivity index (χ3n) is 3.18. The van der Waals surface area contributed by atoms with Gasteiger partial charge in [0.05, 0.1) is 18.2 Å². The van der Waals surface area contributed by atoms with Gasteiger partial charge in [0.15, 0.2) is 11.5 Å². The Labute approximate surface area is 150 Å². The molecule has 2 rings (SSSR count). The lowest BCUT2D eigenvalue weighted by Gasteiger charge is -2.13. The molecule has 0 atom stereocenters. The van der Waals surface area contributed by atoms with Crippen LogP contribution in [0.15, 0.2) is 53.0 Å². The Morgan fingerprint density at radius 3 is 2.62 bits per heavy atom. The third-order valence-corrected chi connectivity index (χ3v) is 3.77. The number of benzene rings is 2. The molecule has 24 heavy (non-hydrogen) atoms. The lowest BCUT2D eigenvalue weighted by atomic mass is 10.2. The Morgan fingerprint density at radius 2 is 1.96 bits per heavy atom. The van der Waals surface area contributed by atoms with Gasteiger partial charge in [0, 0.05) is 6.08 Å². The first-order chi connectivity index (χ1) is 11.6. The Bertz CT molecular complexity index is 711. The first-order valence-corrected chi connectivity index (χ1v) is 8.32. The highest BCUT2D eigenvalue weighted by molar-refractivity contribution is 9.10. The van der Waals surface area contributed by atoms with E-state index in [1.165, 1.54) is 6.08 Å². The van der Waals surface area contributed by atoms with Crippen LogP contribution in [-0.4, -0.2) is 19.7 Å². The molecule has 0 amide bonds. The van der Waals surface area contributed by atoms with E-state index >= 15 is 0 Å². The summed E-state index contributed by atoms with van der Waals surface area (Å²) in [4.78, 5) is 11.4. The Morgan fingerprint density at radius 1 is 1.21 bits per heavy atom. The van der Waals surface area contributed by atoms with E-state index in [2.05, 4.69) is 15.9 Å². The quantitative estimate of drug-likeness (QED) is 0.511. The highest BCUT2D eigenvalue weighted by Crippen LogP contribution is 2.37. The second-order valence-corrected chi connectivity index (χ2v) is 5.75. The van der Waals surface area contributed by atoms with Gasteiger partial charge < -0.3 is 14.2 Å². The summed E-state index contributed by atoms with van der Waals surface area (Å²) in [7, 11) is 1.58. The molecule has 0 fully saturated rings. The molecule has 0 aliphatic rings. The third kappa shape index (κ3) is 5.13. The predicted molar refractivity (Wildman–Crippen MR) is 97.1 cm³/mol. The molecule has 0 aliphatic carbocycles. The van der Waals surface area contributed by atoms with Crippen LogP contribution in [-0.2, 0) is 16.1 Å². The van der Waals surface area contributed by atoms with Crippen molar-refractivity contribution in [2.45, 2.75) is 13.5 Å². The Kier molecular flexibility index (Phi) is 6.88. The Balaban J connectivity index is 2.16. The van der Waals surface area contributed by atoms with Crippen LogP contribution in [0.3, 0.4) is 0 Å². The lowest BCUT2D eigenvalue weighted by molar-refractivity contribution is -0.137. The van der Waals surface area contributed by atoms with Gasteiger partial charge in [-0.15, -0.1) is 0 Å². The zero-order valence-corrected chi connectivity index (χ0v) is 15.2. The number of carbonyl (C=O) groups is 1. The van der Waals surface area contributed by atoms with Crippen molar-refractivity contribution in [3.63, 3.8) is 0 Å². The van der Waals surface area contributed by atoms with E-state index in [1.54, 1.807) is 26.2 Å². The van der Waals surface area contributed by atoms with E-state index in [-0.39, 0.29) is 5.97 Å². The second kappa shape index (κ2) is 9.13. The van der Waals surface area contributed by atoms with E-state index in [0.29, 0.717) is 24.7 Å². The van der Waals surface area contributed by atoms with Crippen LogP contribution in [0, 0.1) is 0 Å². The highest BCUT2D eigenvalue weighted by Gasteiger charge is 2.11. The van der Waals surface area contributed by atoms with Crippen molar-refractivity contribution in [2.75, 3.05) is 13.7 Å². The molecule has 0 unspecified atom stereocenters. The molecule has 2 aromatic carbocycles. The average molecular weight is 391 g/mol. The lowest BCUT2D eigenvalue weighted by Crippen LogP contribution is -2.00. The number of hydrogen-bond acceptors (Lipinski definition) is 4. The van der Waals surface area contributed by atoms with E-state index in [0.717, 1.165) is 15.6 Å². The largest absolute Gasteiger partial charge is 0.493 e. The fraction of sp³-hybridized carbons (Fsp3) is 0.211. The summed E-state index contributed by atoms with van der Waals surface area (Å²) in [6, 6.07) is 13.6. The van der Waals surface area contributed by atoms with Crippen LogP contribution in [0.5, 0.6) is 11.5 Å². The molecule has 0 saturated heterocycles. The maximum atomic E-state index is 11.4. The van der Waals surface area contributed by atoms with Crippen molar-refractivity contribution < 1.29 is 19.0 Å². The number of esters is 1. The standard InChI is InChI=1S/C19H19BrO4/c1-3-23-18(21)10-9-15-11-16(20)19(17(12-15)22-2)24-13-14-7-5-4-6-8-14/h4-12H,3,13H2,1-2H3/b10-9+. The van der Waals surface area contributed by atoms with Gasteiger partial charge in [-0.05, 0) is 52.2 Å². The molecule has 0 heterocycles. The smallest absolute Gasteiger partial charge is 0.330 e. The molecule has 0 aromatic heterocycles. The van der Waals surface area contributed by atoms with Gasteiger partial charge in [-0.2, -0.15) is 0 Å². The molecule has 5 heteroatoms. The van der Waals surface area contributed by atoms with Gasteiger partial charge in [-0.3, -0.25) is 0 Å². The van der Waals surface area contributed by atoms with Gasteiger partial charge >= 0.3 is 5.97 Å². The minimum Gasteiger partial charge on any atom is -0.493 e. The molecule has 0 aliphatic heterocycles. The summed E-state index contributed by atoms with van der Waals surface area (Å²) < 4.78 is 16.9. The normalized spacial score (nSPS) is 10.6. The monoisotopic (exact) mass is 390 g/mol. The maximum absolute atomic E-state index is 11.4. The van der Waals surface area contributed by atoms with E-state index < -0.39 is 0 Å². The topological polar surface area (TPSA) is 44.8 Å². The Hall–Kier alpha value is -2.27. The van der Waals surface area contributed by atoms with Crippen molar-refractivity contribution in [1.29, 1.82) is 0 Å². The zero-order valence-electron chi connectivity index (χ0n) is 13.6. The van der Waals surface area contributed by atoms with Crippen LogP contribution in [0.2, 0.25) is 0 Å². The van der Waals surface area contributed by atoms with Crippen LogP contribution in [0.4, 0.5) is 0 Å². The summed E-state index contributed by atoms with van der Waals surface area (Å²) in [6.45, 7) is 2.56. The number of halogens is 1. The maximum Gasteiger partial charge on any atom is 0.330 e. The van der Waals surface area contributed by atoms with Crippen molar-refractivity contribution in [1.82, 2.24) is 0 Å². The summed E-state index contributed by atoms with van der Waals surface area (Å²) in [5, 5.41) is 0. The molecule has 0 saturated carbocycles. The molecule has 0 bridgehead atoms. The van der Waals surface area contributed by atoms with Gasteiger partial charge in [0.1, 0.15) is 6.61 Å². The van der Waals surface area contributed by atoms with E-state index in [4.69, 9.17) is 14.2 Å². The van der Waals surface area contributed by atoms with Crippen LogP contribution < -0.4 is 9.47 Å². The van der Waals surface area contributed by atoms with Crippen LogP contribution in [0.1, 0.15) is 18.1 Å². The minimum absolute atomic E-state index is 0.350. The zero-order chi connectivity index (χ0) is 17.4. The first kappa shape index (κ1) is 18.1. The SMILES string of the molecule is CCOC(=O)/C=C/c1cc(Br)c(OCc2ccccc2)c(OC)c1. The molecule has 0 radical (unpaired) electrons. The fourth-order valence-electron chi connectivity index (χ4n) is 2.06. The molecular weight excluding hydrogens is 372 g/mol. The minimum atomic E-state index is -0.378. The van der Waals surface area contributed by atoms with Gasteiger partial charge in [0.25, 0.3) is 0 Å². The number of carbonyl (C=O) groups excluding carboxylic acids is 1. The number of rotatable bonds is 7. The molecule has 0 N–H and O–H groups in total. The first-order valence-electron chi connectivity index (χ1n) is 7.53. The van der Waals surface area contributed by atoms with Crippen molar-refractivity contribution in [3.8, 4) is 11.5 Å². The van der Waals surface area contributed by atoms with Crippen molar-refractivity contribution >= 4 is 28.0 Å². The van der Waals surface area contributed by atoms with E-state index in [9.17, 15) is 4.79 Å². The van der Waals surface area contributed by atoms with E-state index in [1.807, 2.05) is 36.4 Å². The summed E-state index contributed by atoms with van der Waals surface area (Å²) in [6.07, 6.45) is 3.06. The molecule has 2 aromatic rings. The molecule has 126 valence electrons. The van der Waals surface area contributed by atoms with Gasteiger partial charge in [-0.1, -0.05) is 30.3 Å². The van der Waals surface area contributed by atoms with Gasteiger partial charge in [0.2, 0.25) is 0 Å².